The van der Waals surface area contributed by atoms with Gasteiger partial charge in [0.2, 0.25) is 0 Å². The minimum atomic E-state index is -0.249. The van der Waals surface area contributed by atoms with Crippen LogP contribution in [-0.2, 0) is 15.6 Å². The first kappa shape index (κ1) is 24.1. The van der Waals surface area contributed by atoms with Crippen molar-refractivity contribution >= 4 is 6.08 Å². The molecule has 0 amide bonds. The second kappa shape index (κ2) is 8.30. The Balaban J connectivity index is 1.79. The van der Waals surface area contributed by atoms with Gasteiger partial charge >= 0.3 is 0 Å². The van der Waals surface area contributed by atoms with Crippen LogP contribution in [-0.4, -0.2) is 6.54 Å². The molecule has 0 saturated carbocycles. The normalized spacial score (nSPS) is 22.6. The summed E-state index contributed by atoms with van der Waals surface area (Å²) in [5.41, 5.74) is 6.15. The van der Waals surface area contributed by atoms with Crippen LogP contribution in [0, 0.1) is 28.1 Å². The van der Waals surface area contributed by atoms with Crippen LogP contribution in [0.2, 0.25) is 0 Å². The molecule has 2 aliphatic heterocycles. The van der Waals surface area contributed by atoms with E-state index in [0.29, 0.717) is 17.4 Å². The molecule has 0 spiro atoms. The summed E-state index contributed by atoms with van der Waals surface area (Å²) >= 11 is 0. The van der Waals surface area contributed by atoms with E-state index < -0.39 is 0 Å². The van der Waals surface area contributed by atoms with Crippen molar-refractivity contribution in [1.29, 1.82) is 10.5 Å². The van der Waals surface area contributed by atoms with Crippen LogP contribution in [0.1, 0.15) is 89.6 Å². The smallest absolute Gasteiger partial charge is 0.137 e. The molecule has 1 aromatic carbocycles. The number of allylic oxidation sites excluding steroid dienone is 6. The lowest BCUT2D eigenvalue weighted by atomic mass is 9.64. The summed E-state index contributed by atoms with van der Waals surface area (Å²) in [6, 6.07) is 9.13. The van der Waals surface area contributed by atoms with Gasteiger partial charge in [-0.1, -0.05) is 66.7 Å². The zero-order valence-corrected chi connectivity index (χ0v) is 21.5. The Kier molecular flexibility index (Phi) is 5.87. The van der Waals surface area contributed by atoms with E-state index in [2.05, 4.69) is 72.0 Å². The zero-order chi connectivity index (χ0) is 24.9. The molecule has 1 atom stereocenters. The van der Waals surface area contributed by atoms with E-state index in [1.807, 2.05) is 18.2 Å². The fraction of sp³-hybridized carbons (Fsp3) is 0.467. The van der Waals surface area contributed by atoms with Crippen molar-refractivity contribution < 1.29 is 4.74 Å². The predicted molar refractivity (Wildman–Crippen MR) is 136 cm³/mol. The highest BCUT2D eigenvalue weighted by atomic mass is 16.5. The summed E-state index contributed by atoms with van der Waals surface area (Å²) in [7, 11) is 0. The maximum Gasteiger partial charge on any atom is 0.137 e. The highest BCUT2D eigenvalue weighted by molar-refractivity contribution is 5.62. The molecule has 34 heavy (non-hydrogen) atoms. The third-order valence-corrected chi connectivity index (χ3v) is 7.36. The second-order valence-electron chi connectivity index (χ2n) is 12.1. The Morgan fingerprint density at radius 3 is 2.29 bits per heavy atom. The first-order valence-electron chi connectivity index (χ1n) is 12.1. The van der Waals surface area contributed by atoms with Crippen molar-refractivity contribution in [3.05, 3.63) is 75.3 Å². The molecule has 0 bridgehead atoms. The van der Waals surface area contributed by atoms with Crippen LogP contribution in [0.4, 0.5) is 0 Å². The van der Waals surface area contributed by atoms with Crippen molar-refractivity contribution in [1.82, 2.24) is 5.32 Å². The minimum absolute atomic E-state index is 0.0605. The van der Waals surface area contributed by atoms with Gasteiger partial charge in [-0.2, -0.15) is 10.5 Å². The Morgan fingerprint density at radius 2 is 1.68 bits per heavy atom. The number of nitrogens with zero attached hydrogens (tertiary/aromatic N) is 2. The molecular weight excluding hydrogens is 418 g/mol. The van der Waals surface area contributed by atoms with E-state index in [4.69, 9.17) is 4.74 Å². The van der Waals surface area contributed by atoms with Gasteiger partial charge in [0.05, 0.1) is 0 Å². The molecule has 4 nitrogen and oxygen atoms in total. The summed E-state index contributed by atoms with van der Waals surface area (Å²) in [4.78, 5) is 0. The van der Waals surface area contributed by atoms with Crippen LogP contribution in [0.15, 0.2) is 53.0 Å². The molecule has 0 saturated heterocycles. The van der Waals surface area contributed by atoms with Crippen molar-refractivity contribution in [3.63, 3.8) is 0 Å². The van der Waals surface area contributed by atoms with Crippen molar-refractivity contribution in [3.8, 4) is 12.1 Å². The first-order valence-corrected chi connectivity index (χ1v) is 12.1. The van der Waals surface area contributed by atoms with Gasteiger partial charge in [0.1, 0.15) is 29.2 Å². The van der Waals surface area contributed by atoms with E-state index in [9.17, 15) is 10.5 Å². The van der Waals surface area contributed by atoms with Crippen LogP contribution in [0.3, 0.4) is 0 Å². The molecule has 1 N–H and O–H groups in total. The lowest BCUT2D eigenvalue weighted by molar-refractivity contribution is 0.223. The number of benzene rings is 1. The van der Waals surface area contributed by atoms with Gasteiger partial charge in [0.25, 0.3) is 0 Å². The molecule has 1 aromatic rings. The highest BCUT2D eigenvalue weighted by Crippen LogP contribution is 2.48. The molecule has 3 aliphatic rings. The number of ether oxygens (including phenoxy) is 1. The lowest BCUT2D eigenvalue weighted by Gasteiger charge is -2.46. The van der Waals surface area contributed by atoms with Gasteiger partial charge in [-0.15, -0.1) is 0 Å². The second-order valence-corrected chi connectivity index (χ2v) is 12.1. The monoisotopic (exact) mass is 453 g/mol. The number of hydrogen-bond donors (Lipinski definition) is 1. The maximum absolute atomic E-state index is 9.40. The molecule has 4 rings (SSSR count). The average Bonchev–Trinajstić information content (AvgIpc) is 2.76. The summed E-state index contributed by atoms with van der Waals surface area (Å²) in [5, 5.41) is 22.6. The molecule has 1 aliphatic carbocycles. The van der Waals surface area contributed by atoms with Crippen LogP contribution in [0.5, 0.6) is 0 Å². The average molecular weight is 454 g/mol. The number of nitrogens with one attached hydrogen (secondary N) is 1. The summed E-state index contributed by atoms with van der Waals surface area (Å²) < 4.78 is 6.19. The van der Waals surface area contributed by atoms with Crippen molar-refractivity contribution in [2.75, 3.05) is 6.54 Å². The lowest BCUT2D eigenvalue weighted by Crippen LogP contribution is -2.45. The van der Waals surface area contributed by atoms with Gasteiger partial charge < -0.3 is 10.1 Å². The molecular formula is C30H35N3O. The van der Waals surface area contributed by atoms with Crippen molar-refractivity contribution in [2.45, 2.75) is 78.2 Å². The van der Waals surface area contributed by atoms with Gasteiger partial charge in [-0.25, -0.2) is 0 Å². The predicted octanol–water partition coefficient (Wildman–Crippen LogP) is 6.88. The van der Waals surface area contributed by atoms with E-state index in [0.717, 1.165) is 24.3 Å². The molecule has 2 heterocycles. The largest absolute Gasteiger partial charge is 0.461 e. The zero-order valence-electron chi connectivity index (χ0n) is 21.5. The fourth-order valence-electron chi connectivity index (χ4n) is 5.18. The fourth-order valence-corrected chi connectivity index (χ4v) is 5.18. The molecule has 1 unspecified atom stereocenters. The van der Waals surface area contributed by atoms with Crippen LogP contribution < -0.4 is 5.32 Å². The maximum atomic E-state index is 9.40. The Labute approximate surface area is 204 Å². The van der Waals surface area contributed by atoms with Crippen molar-refractivity contribution in [2.24, 2.45) is 5.41 Å². The van der Waals surface area contributed by atoms with E-state index >= 15 is 0 Å². The molecule has 4 heteroatoms. The third-order valence-electron chi connectivity index (χ3n) is 7.36. The SMILES string of the molecule is CC(C)(C)C1=CC(=C(C#N)C#N)C=C(/C=C/c2cc3c4c(c2)C(C)(C)CNC4CCC3(C)C)O1. The van der Waals surface area contributed by atoms with Gasteiger partial charge in [-0.3, -0.25) is 0 Å². The minimum Gasteiger partial charge on any atom is -0.461 e. The molecule has 176 valence electrons. The molecule has 0 aromatic heterocycles. The standard InChI is InChI=1S/C30H35N3O/c1-28(2,3)26-15-20(21(16-31)17-32)14-22(34-26)9-8-19-12-23-27-24(13-19)30(6,7)18-33-25(27)10-11-29(23,4)5/h8-9,12-15,25,33H,10-11,18H2,1-7H3/b9-8+. The number of nitriles is 2. The molecule has 0 fully saturated rings. The summed E-state index contributed by atoms with van der Waals surface area (Å²) in [6.45, 7) is 16.5. The van der Waals surface area contributed by atoms with E-state index in [-0.39, 0.29) is 21.8 Å². The molecule has 0 radical (unpaired) electrons. The Bertz CT molecular complexity index is 1180. The Hall–Kier alpha value is -3.08. The van der Waals surface area contributed by atoms with E-state index in [1.165, 1.54) is 23.1 Å². The summed E-state index contributed by atoms with van der Waals surface area (Å²) in [6.07, 6.45) is 9.99. The number of rotatable bonds is 2. The number of hydrogen-bond acceptors (Lipinski definition) is 4. The highest BCUT2D eigenvalue weighted by Gasteiger charge is 2.40. The van der Waals surface area contributed by atoms with Crippen LogP contribution in [0.25, 0.3) is 6.08 Å². The first-order chi connectivity index (χ1) is 15.9. The van der Waals surface area contributed by atoms with E-state index in [1.54, 1.807) is 12.2 Å². The third kappa shape index (κ3) is 4.36. The topological polar surface area (TPSA) is 68.8 Å². The quantitative estimate of drug-likeness (QED) is 0.496. The van der Waals surface area contributed by atoms with Gasteiger partial charge in [0, 0.05) is 29.0 Å². The van der Waals surface area contributed by atoms with Gasteiger partial charge in [0.15, 0.2) is 0 Å². The van der Waals surface area contributed by atoms with Crippen LogP contribution >= 0.6 is 0 Å². The Morgan fingerprint density at radius 1 is 1.03 bits per heavy atom. The summed E-state index contributed by atoms with van der Waals surface area (Å²) in [5.74, 6) is 1.37. The van der Waals surface area contributed by atoms with Gasteiger partial charge in [-0.05, 0) is 58.7 Å².